The van der Waals surface area contributed by atoms with E-state index >= 15 is 0 Å². The van der Waals surface area contributed by atoms with Gasteiger partial charge in [-0.2, -0.15) is 0 Å². The van der Waals surface area contributed by atoms with Gasteiger partial charge in [-0.3, -0.25) is 14.4 Å². The van der Waals surface area contributed by atoms with Gasteiger partial charge in [-0.25, -0.2) is 0 Å². The highest BCUT2D eigenvalue weighted by Crippen LogP contribution is 2.19. The maximum Gasteiger partial charge on any atom is 0.306 e. The Morgan fingerprint density at radius 2 is 0.423 bits per heavy atom. The molecular weight excluding hydrogens is 961 g/mol. The van der Waals surface area contributed by atoms with E-state index < -0.39 is 6.10 Å². The van der Waals surface area contributed by atoms with E-state index in [0.29, 0.717) is 19.3 Å². The lowest BCUT2D eigenvalue weighted by atomic mass is 10.0. The number of hydrogen-bond donors (Lipinski definition) is 0. The Bertz CT molecular complexity index is 1210. The summed E-state index contributed by atoms with van der Waals surface area (Å²) >= 11 is 0. The molecule has 0 aliphatic rings. The largest absolute Gasteiger partial charge is 0.462 e. The van der Waals surface area contributed by atoms with Crippen molar-refractivity contribution in [2.45, 2.75) is 419 Å². The van der Waals surface area contributed by atoms with E-state index in [0.717, 1.165) is 64.2 Å². The summed E-state index contributed by atoms with van der Waals surface area (Å²) in [4.78, 5) is 38.3. The summed E-state index contributed by atoms with van der Waals surface area (Å²) in [5.74, 6) is -0.844. The topological polar surface area (TPSA) is 78.9 Å². The van der Waals surface area contributed by atoms with Crippen LogP contribution in [0.2, 0.25) is 0 Å². The molecule has 1 atom stereocenters. The van der Waals surface area contributed by atoms with Crippen LogP contribution in [0.1, 0.15) is 412 Å². The number of allylic oxidation sites excluding steroid dienone is 2. The molecule has 0 rings (SSSR count). The van der Waals surface area contributed by atoms with Gasteiger partial charge in [0.05, 0.1) is 0 Å². The molecule has 0 spiro atoms. The van der Waals surface area contributed by atoms with Crippen LogP contribution in [0.5, 0.6) is 0 Å². The van der Waals surface area contributed by atoms with E-state index in [-0.39, 0.29) is 31.1 Å². The number of ether oxygens (including phenoxy) is 3. The minimum absolute atomic E-state index is 0.0660. The quantitative estimate of drug-likeness (QED) is 0.0261. The molecule has 0 aliphatic heterocycles. The zero-order valence-electron chi connectivity index (χ0n) is 53.2. The monoisotopic (exact) mass is 1100 g/mol. The SMILES string of the molecule is CCCCC/C=C\CCCCCCCC(=O)OCC(COC(=O)CCCCCCCCCCCCCCCCCCCCCCCCCCCCCCCCCC)OC(=O)CCCCCCCCCCCCCCCCCC. The zero-order chi connectivity index (χ0) is 56.4. The summed E-state index contributed by atoms with van der Waals surface area (Å²) in [7, 11) is 0. The Morgan fingerprint density at radius 1 is 0.244 bits per heavy atom. The summed E-state index contributed by atoms with van der Waals surface area (Å²) in [6, 6.07) is 0. The minimum Gasteiger partial charge on any atom is -0.462 e. The molecule has 0 aromatic rings. The van der Waals surface area contributed by atoms with Crippen molar-refractivity contribution in [2.24, 2.45) is 0 Å². The van der Waals surface area contributed by atoms with Crippen LogP contribution in [0.25, 0.3) is 0 Å². The van der Waals surface area contributed by atoms with Crippen LogP contribution in [0.15, 0.2) is 12.2 Å². The Kier molecular flexibility index (Phi) is 66.0. The normalized spacial score (nSPS) is 12.0. The maximum absolute atomic E-state index is 12.9. The average Bonchev–Trinajstić information content (AvgIpc) is 3.44. The molecule has 0 aromatic carbocycles. The molecule has 0 aliphatic carbocycles. The molecule has 1 unspecified atom stereocenters. The molecule has 6 nitrogen and oxygen atoms in total. The minimum atomic E-state index is -0.769. The van der Waals surface area contributed by atoms with Gasteiger partial charge in [0.1, 0.15) is 13.2 Å². The standard InChI is InChI=1S/C72H138O6/c1-4-7-10-13-16-19-22-25-27-29-30-31-32-33-34-35-36-37-38-39-40-41-42-43-44-46-47-50-53-56-59-62-65-71(74)77-68-69(67-76-70(73)64-61-58-55-52-49-24-21-18-15-12-9-6-3)78-72(75)66-63-60-57-54-51-48-45-28-26-23-20-17-14-11-8-5-2/h18,21,69H,4-17,19-20,22-68H2,1-3H3/b21-18-. The lowest BCUT2D eigenvalue weighted by Gasteiger charge is -2.18. The van der Waals surface area contributed by atoms with Gasteiger partial charge in [-0.15, -0.1) is 0 Å². The van der Waals surface area contributed by atoms with Crippen LogP contribution < -0.4 is 0 Å². The van der Waals surface area contributed by atoms with Gasteiger partial charge in [0.25, 0.3) is 0 Å². The van der Waals surface area contributed by atoms with Crippen LogP contribution >= 0.6 is 0 Å². The molecule has 0 N–H and O–H groups in total. The molecule has 0 bridgehead atoms. The fourth-order valence-corrected chi connectivity index (χ4v) is 11.2. The van der Waals surface area contributed by atoms with Gasteiger partial charge in [-0.1, -0.05) is 360 Å². The third kappa shape index (κ3) is 65.0. The molecule has 0 aromatic heterocycles. The third-order valence-electron chi connectivity index (χ3n) is 16.5. The molecule has 0 radical (unpaired) electrons. The number of carbonyl (C=O) groups is 3. The predicted octanol–water partition coefficient (Wildman–Crippen LogP) is 24.4. The number of esters is 3. The first-order valence-corrected chi connectivity index (χ1v) is 35.7. The second-order valence-electron chi connectivity index (χ2n) is 24.5. The molecule has 0 amide bonds. The fraction of sp³-hybridized carbons (Fsp3) is 0.931. The highest BCUT2D eigenvalue weighted by molar-refractivity contribution is 5.71. The highest BCUT2D eigenvalue weighted by Gasteiger charge is 2.19. The Hall–Kier alpha value is -1.85. The number of rotatable bonds is 67. The maximum atomic E-state index is 12.9. The van der Waals surface area contributed by atoms with Crippen molar-refractivity contribution in [1.29, 1.82) is 0 Å². The summed E-state index contributed by atoms with van der Waals surface area (Å²) in [6.07, 6.45) is 81.2. The molecule has 78 heavy (non-hydrogen) atoms. The molecule has 6 heteroatoms. The van der Waals surface area contributed by atoms with Crippen molar-refractivity contribution in [1.82, 2.24) is 0 Å². The van der Waals surface area contributed by atoms with Gasteiger partial charge >= 0.3 is 17.9 Å². The van der Waals surface area contributed by atoms with Crippen molar-refractivity contribution in [3.05, 3.63) is 12.2 Å². The Labute approximate surface area is 488 Å². The van der Waals surface area contributed by atoms with Gasteiger partial charge in [0, 0.05) is 19.3 Å². The Balaban J connectivity index is 4.05. The van der Waals surface area contributed by atoms with E-state index in [1.54, 1.807) is 0 Å². The molecule has 0 saturated carbocycles. The Morgan fingerprint density at radius 3 is 0.667 bits per heavy atom. The second kappa shape index (κ2) is 67.7. The average molecular weight is 1100 g/mol. The van der Waals surface area contributed by atoms with Crippen LogP contribution in [-0.2, 0) is 28.6 Å². The lowest BCUT2D eigenvalue weighted by molar-refractivity contribution is -0.167. The first-order chi connectivity index (χ1) is 38.5. The van der Waals surface area contributed by atoms with Crippen molar-refractivity contribution in [3.8, 4) is 0 Å². The molecular formula is C72H138O6. The number of hydrogen-bond acceptors (Lipinski definition) is 6. The lowest BCUT2D eigenvalue weighted by Crippen LogP contribution is -2.30. The second-order valence-corrected chi connectivity index (χ2v) is 24.5. The summed E-state index contributed by atoms with van der Waals surface area (Å²) in [5.41, 5.74) is 0. The number of unbranched alkanes of at least 4 members (excludes halogenated alkanes) is 54. The highest BCUT2D eigenvalue weighted by atomic mass is 16.6. The van der Waals surface area contributed by atoms with Crippen molar-refractivity contribution in [3.63, 3.8) is 0 Å². The van der Waals surface area contributed by atoms with Crippen molar-refractivity contribution in [2.75, 3.05) is 13.2 Å². The van der Waals surface area contributed by atoms with E-state index in [9.17, 15) is 14.4 Å². The molecule has 0 heterocycles. The van der Waals surface area contributed by atoms with E-state index in [4.69, 9.17) is 14.2 Å². The van der Waals surface area contributed by atoms with E-state index in [2.05, 4.69) is 32.9 Å². The molecule has 462 valence electrons. The van der Waals surface area contributed by atoms with E-state index in [1.807, 2.05) is 0 Å². The van der Waals surface area contributed by atoms with Crippen molar-refractivity contribution < 1.29 is 28.6 Å². The van der Waals surface area contributed by atoms with Crippen molar-refractivity contribution >= 4 is 17.9 Å². The van der Waals surface area contributed by atoms with Crippen LogP contribution in [0.3, 0.4) is 0 Å². The zero-order valence-corrected chi connectivity index (χ0v) is 53.2. The van der Waals surface area contributed by atoms with E-state index in [1.165, 1.54) is 308 Å². The smallest absolute Gasteiger partial charge is 0.306 e. The summed E-state index contributed by atoms with van der Waals surface area (Å²) in [6.45, 7) is 6.69. The van der Waals surface area contributed by atoms with Gasteiger partial charge in [0.15, 0.2) is 6.10 Å². The fourth-order valence-electron chi connectivity index (χ4n) is 11.2. The van der Waals surface area contributed by atoms with Gasteiger partial charge < -0.3 is 14.2 Å². The van der Waals surface area contributed by atoms with Gasteiger partial charge in [-0.05, 0) is 44.9 Å². The number of carbonyl (C=O) groups excluding carboxylic acids is 3. The van der Waals surface area contributed by atoms with Crippen LogP contribution in [0, 0.1) is 0 Å². The predicted molar refractivity (Wildman–Crippen MR) is 340 cm³/mol. The van der Waals surface area contributed by atoms with Crippen LogP contribution in [0.4, 0.5) is 0 Å². The summed E-state index contributed by atoms with van der Waals surface area (Å²) < 4.78 is 17.0. The third-order valence-corrected chi connectivity index (χ3v) is 16.5. The first kappa shape index (κ1) is 76.1. The summed E-state index contributed by atoms with van der Waals surface area (Å²) in [5, 5.41) is 0. The van der Waals surface area contributed by atoms with Gasteiger partial charge in [0.2, 0.25) is 0 Å². The first-order valence-electron chi connectivity index (χ1n) is 35.7. The molecule has 0 saturated heterocycles. The molecule has 0 fully saturated rings. The van der Waals surface area contributed by atoms with Crippen LogP contribution in [-0.4, -0.2) is 37.2 Å².